The number of nitrogens with zero attached hydrogens (tertiary/aromatic N) is 1. The normalized spacial score (nSPS) is 16.6. The standard InChI is InChI=1S/C15H23N3O2/c16-12-13-4-1-2-5-14(13)20-11-3-8-18-9-6-15(19)17-7-10-18/h1-2,4-5H,3,6-12,16H2,(H,17,19). The number of hydrogen-bond donors (Lipinski definition) is 2. The van der Waals surface area contributed by atoms with E-state index in [0.29, 0.717) is 19.6 Å². The van der Waals surface area contributed by atoms with Gasteiger partial charge in [-0.15, -0.1) is 0 Å². The molecule has 0 aliphatic carbocycles. The SMILES string of the molecule is NCc1ccccc1OCCCN1CCNC(=O)CC1. The Hall–Kier alpha value is -1.59. The lowest BCUT2D eigenvalue weighted by Gasteiger charge is -2.19. The van der Waals surface area contributed by atoms with Crippen molar-refractivity contribution >= 4 is 5.91 Å². The topological polar surface area (TPSA) is 67.6 Å². The van der Waals surface area contributed by atoms with Crippen molar-refractivity contribution in [3.63, 3.8) is 0 Å². The van der Waals surface area contributed by atoms with E-state index in [9.17, 15) is 4.79 Å². The Morgan fingerprint density at radius 1 is 1.30 bits per heavy atom. The number of carbonyl (C=O) groups excluding carboxylic acids is 1. The number of nitrogens with one attached hydrogen (secondary N) is 1. The maximum absolute atomic E-state index is 11.2. The summed E-state index contributed by atoms with van der Waals surface area (Å²) < 4.78 is 5.78. The van der Waals surface area contributed by atoms with Crippen molar-refractivity contribution < 1.29 is 9.53 Å². The zero-order valence-corrected chi connectivity index (χ0v) is 11.8. The average Bonchev–Trinajstić information content (AvgIpc) is 2.69. The largest absolute Gasteiger partial charge is 0.493 e. The van der Waals surface area contributed by atoms with Gasteiger partial charge >= 0.3 is 0 Å². The minimum absolute atomic E-state index is 0.153. The molecule has 0 atom stereocenters. The van der Waals surface area contributed by atoms with Crippen molar-refractivity contribution in [1.82, 2.24) is 10.2 Å². The lowest BCUT2D eigenvalue weighted by molar-refractivity contribution is -0.120. The zero-order chi connectivity index (χ0) is 14.2. The first-order valence-corrected chi connectivity index (χ1v) is 7.19. The van der Waals surface area contributed by atoms with E-state index in [2.05, 4.69) is 10.2 Å². The molecule has 0 bridgehead atoms. The van der Waals surface area contributed by atoms with E-state index >= 15 is 0 Å². The molecule has 5 nitrogen and oxygen atoms in total. The summed E-state index contributed by atoms with van der Waals surface area (Å²) in [6, 6.07) is 7.87. The molecular formula is C15H23N3O2. The number of benzene rings is 1. The van der Waals surface area contributed by atoms with E-state index in [4.69, 9.17) is 10.5 Å². The van der Waals surface area contributed by atoms with Crippen LogP contribution in [0.1, 0.15) is 18.4 Å². The molecule has 1 fully saturated rings. The second-order valence-electron chi connectivity index (χ2n) is 4.96. The van der Waals surface area contributed by atoms with Crippen LogP contribution < -0.4 is 15.8 Å². The van der Waals surface area contributed by atoms with Crippen molar-refractivity contribution in [2.75, 3.05) is 32.8 Å². The van der Waals surface area contributed by atoms with Crippen LogP contribution in [0.4, 0.5) is 0 Å². The first-order chi connectivity index (χ1) is 9.79. The van der Waals surface area contributed by atoms with E-state index in [1.165, 1.54) is 0 Å². The Bertz CT molecular complexity index is 437. The van der Waals surface area contributed by atoms with Gasteiger partial charge in [-0.25, -0.2) is 0 Å². The van der Waals surface area contributed by atoms with Crippen molar-refractivity contribution in [1.29, 1.82) is 0 Å². The molecule has 0 aromatic heterocycles. The van der Waals surface area contributed by atoms with Gasteiger partial charge in [-0.3, -0.25) is 4.79 Å². The van der Waals surface area contributed by atoms with Crippen molar-refractivity contribution in [2.24, 2.45) is 5.73 Å². The highest BCUT2D eigenvalue weighted by Crippen LogP contribution is 2.17. The van der Waals surface area contributed by atoms with Gasteiger partial charge in [0.05, 0.1) is 6.61 Å². The third-order valence-electron chi connectivity index (χ3n) is 3.47. The monoisotopic (exact) mass is 277 g/mol. The summed E-state index contributed by atoms with van der Waals surface area (Å²) in [4.78, 5) is 13.5. The summed E-state index contributed by atoms with van der Waals surface area (Å²) in [7, 11) is 0. The molecule has 1 aromatic rings. The quantitative estimate of drug-likeness (QED) is 0.753. The fourth-order valence-electron chi connectivity index (χ4n) is 2.32. The molecule has 1 saturated heterocycles. The van der Waals surface area contributed by atoms with Crippen LogP contribution in [0.2, 0.25) is 0 Å². The van der Waals surface area contributed by atoms with Gasteiger partial charge in [0, 0.05) is 44.7 Å². The second kappa shape index (κ2) is 7.87. The van der Waals surface area contributed by atoms with E-state index in [0.717, 1.165) is 43.9 Å². The molecule has 0 radical (unpaired) electrons. The van der Waals surface area contributed by atoms with Crippen LogP contribution in [0, 0.1) is 0 Å². The summed E-state index contributed by atoms with van der Waals surface area (Å²) >= 11 is 0. The summed E-state index contributed by atoms with van der Waals surface area (Å²) in [5.41, 5.74) is 6.71. The van der Waals surface area contributed by atoms with E-state index in [-0.39, 0.29) is 5.91 Å². The average molecular weight is 277 g/mol. The number of ether oxygens (including phenoxy) is 1. The van der Waals surface area contributed by atoms with Gasteiger partial charge < -0.3 is 20.7 Å². The predicted octanol–water partition coefficient (Wildman–Crippen LogP) is 0.736. The van der Waals surface area contributed by atoms with Crippen molar-refractivity contribution in [3.8, 4) is 5.75 Å². The molecule has 0 unspecified atom stereocenters. The van der Waals surface area contributed by atoms with E-state index < -0.39 is 0 Å². The van der Waals surface area contributed by atoms with Crippen LogP contribution in [0.25, 0.3) is 0 Å². The molecule has 20 heavy (non-hydrogen) atoms. The minimum atomic E-state index is 0.153. The van der Waals surface area contributed by atoms with Crippen LogP contribution in [0.5, 0.6) is 5.75 Å². The highest BCUT2D eigenvalue weighted by Gasteiger charge is 2.12. The van der Waals surface area contributed by atoms with Gasteiger partial charge in [0.15, 0.2) is 0 Å². The van der Waals surface area contributed by atoms with Gasteiger partial charge in [0.25, 0.3) is 0 Å². The second-order valence-corrected chi connectivity index (χ2v) is 4.96. The highest BCUT2D eigenvalue weighted by molar-refractivity contribution is 5.76. The van der Waals surface area contributed by atoms with E-state index in [1.54, 1.807) is 0 Å². The Kier molecular flexibility index (Phi) is 5.83. The summed E-state index contributed by atoms with van der Waals surface area (Å²) in [5, 5.41) is 2.88. The lowest BCUT2D eigenvalue weighted by atomic mass is 10.2. The van der Waals surface area contributed by atoms with Gasteiger partial charge in [0.2, 0.25) is 5.91 Å². The first-order valence-electron chi connectivity index (χ1n) is 7.19. The minimum Gasteiger partial charge on any atom is -0.493 e. The van der Waals surface area contributed by atoms with Gasteiger partial charge in [-0.05, 0) is 12.5 Å². The zero-order valence-electron chi connectivity index (χ0n) is 11.8. The van der Waals surface area contributed by atoms with Crippen LogP contribution in [-0.2, 0) is 11.3 Å². The molecule has 1 aliphatic heterocycles. The maximum Gasteiger partial charge on any atom is 0.221 e. The molecule has 110 valence electrons. The summed E-state index contributed by atoms with van der Waals surface area (Å²) in [6.45, 7) is 4.64. The van der Waals surface area contributed by atoms with Crippen LogP contribution in [0.15, 0.2) is 24.3 Å². The van der Waals surface area contributed by atoms with Gasteiger partial charge in [-0.2, -0.15) is 0 Å². The molecule has 5 heteroatoms. The first kappa shape index (κ1) is 14.8. The van der Waals surface area contributed by atoms with Crippen molar-refractivity contribution in [2.45, 2.75) is 19.4 Å². The molecule has 3 N–H and O–H groups in total. The third kappa shape index (κ3) is 4.51. The predicted molar refractivity (Wildman–Crippen MR) is 78.5 cm³/mol. The van der Waals surface area contributed by atoms with Crippen LogP contribution in [0.3, 0.4) is 0 Å². The highest BCUT2D eigenvalue weighted by atomic mass is 16.5. The van der Waals surface area contributed by atoms with Gasteiger partial charge in [0.1, 0.15) is 5.75 Å². The number of carbonyl (C=O) groups is 1. The molecule has 1 amide bonds. The Balaban J connectivity index is 1.69. The third-order valence-corrected chi connectivity index (χ3v) is 3.47. The number of amides is 1. The fourth-order valence-corrected chi connectivity index (χ4v) is 2.32. The Labute approximate surface area is 120 Å². The fraction of sp³-hybridized carbons (Fsp3) is 0.533. The van der Waals surface area contributed by atoms with Crippen LogP contribution in [-0.4, -0.2) is 43.6 Å². The van der Waals surface area contributed by atoms with Gasteiger partial charge in [-0.1, -0.05) is 18.2 Å². The molecular weight excluding hydrogens is 254 g/mol. The molecule has 1 heterocycles. The maximum atomic E-state index is 11.2. The van der Waals surface area contributed by atoms with E-state index in [1.807, 2.05) is 24.3 Å². The number of hydrogen-bond acceptors (Lipinski definition) is 4. The smallest absolute Gasteiger partial charge is 0.221 e. The Morgan fingerprint density at radius 2 is 2.15 bits per heavy atom. The van der Waals surface area contributed by atoms with Crippen LogP contribution >= 0.6 is 0 Å². The molecule has 2 rings (SSSR count). The molecule has 1 aliphatic rings. The summed E-state index contributed by atoms with van der Waals surface area (Å²) in [6.07, 6.45) is 1.55. The molecule has 0 saturated carbocycles. The van der Waals surface area contributed by atoms with Crippen molar-refractivity contribution in [3.05, 3.63) is 29.8 Å². The summed E-state index contributed by atoms with van der Waals surface area (Å²) in [5.74, 6) is 1.03. The number of para-hydroxylation sites is 1. The molecule has 1 aromatic carbocycles. The number of nitrogens with two attached hydrogens (primary N) is 1. The lowest BCUT2D eigenvalue weighted by Crippen LogP contribution is -2.30. The number of rotatable bonds is 6. The Morgan fingerprint density at radius 3 is 3.00 bits per heavy atom. The molecule has 0 spiro atoms.